The number of aromatic nitrogens is 3. The summed E-state index contributed by atoms with van der Waals surface area (Å²) in [6.45, 7) is 5.43. The van der Waals surface area contributed by atoms with Gasteiger partial charge in [-0.3, -0.25) is 14.3 Å². The van der Waals surface area contributed by atoms with E-state index in [0.717, 1.165) is 34.0 Å². The lowest BCUT2D eigenvalue weighted by Gasteiger charge is -2.31. The minimum absolute atomic E-state index is 0.00558. The molecule has 4 heterocycles. The fraction of sp³-hybridized carbons (Fsp3) is 0.333. The van der Waals surface area contributed by atoms with Crippen molar-refractivity contribution in [2.45, 2.75) is 32.6 Å². The number of rotatable bonds is 7. The summed E-state index contributed by atoms with van der Waals surface area (Å²) < 4.78 is 7.39. The standard InChI is InChI=1S/C27H29N5O3S2/c1-17-6-7-20(13-18(17)2)35-15-25(33)32-10-8-19(9-11-32)27-28-22(16-37-27)26(34)29-24-14-21(30-31(24)3)23-5-4-12-36-23/h4-7,12-14,16,19H,8-11,15H2,1-3H3,(H,29,34). The molecule has 1 N–H and O–H groups in total. The average Bonchev–Trinajstić information content (AvgIpc) is 3.67. The van der Waals surface area contributed by atoms with E-state index in [0.29, 0.717) is 30.4 Å². The number of amides is 2. The van der Waals surface area contributed by atoms with Crippen LogP contribution in [-0.4, -0.2) is 51.2 Å². The molecule has 2 amide bonds. The van der Waals surface area contributed by atoms with Gasteiger partial charge in [-0.25, -0.2) is 4.98 Å². The van der Waals surface area contributed by atoms with Gasteiger partial charge >= 0.3 is 0 Å². The Bertz CT molecular complexity index is 1400. The molecule has 1 fully saturated rings. The van der Waals surface area contributed by atoms with Crippen molar-refractivity contribution in [2.24, 2.45) is 7.05 Å². The van der Waals surface area contributed by atoms with Crippen molar-refractivity contribution in [3.63, 3.8) is 0 Å². The van der Waals surface area contributed by atoms with E-state index >= 15 is 0 Å². The minimum atomic E-state index is -0.251. The molecule has 0 bridgehead atoms. The highest BCUT2D eigenvalue weighted by Gasteiger charge is 2.27. The van der Waals surface area contributed by atoms with Crippen molar-refractivity contribution in [3.05, 3.63) is 69.0 Å². The van der Waals surface area contributed by atoms with E-state index < -0.39 is 0 Å². The molecule has 1 aliphatic rings. The Kier molecular flexibility index (Phi) is 7.38. The molecule has 1 aromatic carbocycles. The van der Waals surface area contributed by atoms with Crippen LogP contribution in [0.25, 0.3) is 10.6 Å². The molecule has 1 aliphatic heterocycles. The van der Waals surface area contributed by atoms with Gasteiger partial charge in [0.15, 0.2) is 6.61 Å². The smallest absolute Gasteiger partial charge is 0.276 e. The molecule has 0 radical (unpaired) electrons. The number of thiazole rings is 1. The van der Waals surface area contributed by atoms with E-state index in [1.807, 2.05) is 53.6 Å². The van der Waals surface area contributed by atoms with Crippen LogP contribution < -0.4 is 10.1 Å². The number of thiophene rings is 1. The van der Waals surface area contributed by atoms with Crippen molar-refractivity contribution in [1.29, 1.82) is 0 Å². The van der Waals surface area contributed by atoms with Crippen LogP contribution in [0.4, 0.5) is 5.82 Å². The molecular formula is C27H29N5O3S2. The number of ether oxygens (including phenoxy) is 1. The largest absolute Gasteiger partial charge is 0.484 e. The van der Waals surface area contributed by atoms with E-state index in [9.17, 15) is 9.59 Å². The van der Waals surface area contributed by atoms with Gasteiger partial charge in [0.1, 0.15) is 23.0 Å². The maximum absolute atomic E-state index is 12.9. The Labute approximate surface area is 223 Å². The molecule has 192 valence electrons. The summed E-state index contributed by atoms with van der Waals surface area (Å²) in [5.74, 6) is 1.32. The highest BCUT2D eigenvalue weighted by atomic mass is 32.1. The Morgan fingerprint density at radius 3 is 2.65 bits per heavy atom. The van der Waals surface area contributed by atoms with Gasteiger partial charge < -0.3 is 15.0 Å². The Balaban J connectivity index is 1.13. The summed E-state index contributed by atoms with van der Waals surface area (Å²) in [7, 11) is 1.81. The Hall–Kier alpha value is -3.50. The van der Waals surface area contributed by atoms with Crippen LogP contribution in [0.1, 0.15) is 45.4 Å². The van der Waals surface area contributed by atoms with Gasteiger partial charge in [-0.2, -0.15) is 5.10 Å². The van der Waals surface area contributed by atoms with Gasteiger partial charge in [0.2, 0.25) is 0 Å². The number of carbonyl (C=O) groups is 2. The van der Waals surface area contributed by atoms with Gasteiger partial charge in [0, 0.05) is 37.5 Å². The predicted molar refractivity (Wildman–Crippen MR) is 147 cm³/mol. The summed E-state index contributed by atoms with van der Waals surface area (Å²) in [5, 5.41) is 12.2. The first-order valence-corrected chi connectivity index (χ1v) is 14.0. The van der Waals surface area contributed by atoms with Crippen molar-refractivity contribution >= 4 is 40.3 Å². The number of hydrogen-bond acceptors (Lipinski definition) is 7. The molecule has 1 saturated heterocycles. The zero-order valence-electron chi connectivity index (χ0n) is 21.1. The fourth-order valence-corrected chi connectivity index (χ4v) is 5.96. The van der Waals surface area contributed by atoms with Crippen molar-refractivity contribution < 1.29 is 14.3 Å². The average molecular weight is 536 g/mol. The number of nitrogens with zero attached hydrogens (tertiary/aromatic N) is 4. The molecule has 8 nitrogen and oxygen atoms in total. The molecule has 0 aliphatic carbocycles. The second-order valence-electron chi connectivity index (χ2n) is 9.23. The summed E-state index contributed by atoms with van der Waals surface area (Å²) in [6.07, 6.45) is 1.63. The second-order valence-corrected chi connectivity index (χ2v) is 11.1. The number of aryl methyl sites for hydroxylation is 3. The minimum Gasteiger partial charge on any atom is -0.484 e. The van der Waals surface area contributed by atoms with Gasteiger partial charge in [-0.05, 0) is 61.4 Å². The van der Waals surface area contributed by atoms with Crippen molar-refractivity contribution in [2.75, 3.05) is 25.0 Å². The fourth-order valence-electron chi connectivity index (χ4n) is 4.30. The SMILES string of the molecule is Cc1ccc(OCC(=O)N2CCC(c3nc(C(=O)Nc4cc(-c5cccs5)nn4C)cs3)CC2)cc1C. The van der Waals surface area contributed by atoms with Gasteiger partial charge in [-0.1, -0.05) is 12.1 Å². The zero-order chi connectivity index (χ0) is 25.9. The van der Waals surface area contributed by atoms with E-state index in [-0.39, 0.29) is 24.3 Å². The maximum Gasteiger partial charge on any atom is 0.276 e. The third kappa shape index (κ3) is 5.75. The molecule has 5 rings (SSSR count). The lowest BCUT2D eigenvalue weighted by atomic mass is 9.97. The van der Waals surface area contributed by atoms with Gasteiger partial charge in [0.05, 0.1) is 9.88 Å². The highest BCUT2D eigenvalue weighted by Crippen LogP contribution is 2.31. The second kappa shape index (κ2) is 10.9. The topological polar surface area (TPSA) is 89.3 Å². The number of hydrogen-bond donors (Lipinski definition) is 1. The van der Waals surface area contributed by atoms with Crippen molar-refractivity contribution in [1.82, 2.24) is 19.7 Å². The molecule has 37 heavy (non-hydrogen) atoms. The first kappa shape index (κ1) is 25.2. The monoisotopic (exact) mass is 535 g/mol. The third-order valence-electron chi connectivity index (χ3n) is 6.69. The zero-order valence-corrected chi connectivity index (χ0v) is 22.7. The summed E-state index contributed by atoms with van der Waals surface area (Å²) in [4.78, 5) is 33.1. The van der Waals surface area contributed by atoms with Gasteiger partial charge in [-0.15, -0.1) is 22.7 Å². The molecule has 0 unspecified atom stereocenters. The first-order chi connectivity index (χ1) is 17.9. The van der Waals surface area contributed by atoms with Crippen LogP contribution in [-0.2, 0) is 11.8 Å². The van der Waals surface area contributed by atoms with Crippen LogP contribution in [0.2, 0.25) is 0 Å². The van der Waals surface area contributed by atoms with Crippen LogP contribution in [0, 0.1) is 13.8 Å². The van der Waals surface area contributed by atoms with E-state index in [1.54, 1.807) is 28.4 Å². The number of likely N-dealkylation sites (tertiary alicyclic amines) is 1. The number of nitrogens with one attached hydrogen (secondary N) is 1. The van der Waals surface area contributed by atoms with E-state index in [4.69, 9.17) is 4.74 Å². The molecule has 3 aromatic heterocycles. The maximum atomic E-state index is 12.9. The quantitative estimate of drug-likeness (QED) is 0.349. The number of piperidine rings is 1. The molecule has 0 spiro atoms. The third-order valence-corrected chi connectivity index (χ3v) is 8.59. The molecule has 4 aromatic rings. The van der Waals surface area contributed by atoms with E-state index in [1.165, 1.54) is 16.9 Å². The van der Waals surface area contributed by atoms with Gasteiger partial charge in [0.25, 0.3) is 11.8 Å². The number of benzene rings is 1. The Morgan fingerprint density at radius 1 is 1.11 bits per heavy atom. The van der Waals surface area contributed by atoms with Crippen LogP contribution in [0.15, 0.2) is 47.2 Å². The normalized spacial score (nSPS) is 14.1. The lowest BCUT2D eigenvalue weighted by Crippen LogP contribution is -2.40. The number of anilines is 1. The summed E-state index contributed by atoms with van der Waals surface area (Å²) in [6, 6.07) is 11.7. The Morgan fingerprint density at radius 2 is 1.92 bits per heavy atom. The first-order valence-electron chi connectivity index (χ1n) is 12.2. The highest BCUT2D eigenvalue weighted by molar-refractivity contribution is 7.13. The predicted octanol–water partition coefficient (Wildman–Crippen LogP) is 5.26. The summed E-state index contributed by atoms with van der Waals surface area (Å²) >= 11 is 3.11. The number of carbonyl (C=O) groups excluding carboxylic acids is 2. The van der Waals surface area contributed by atoms with Crippen LogP contribution in [0.5, 0.6) is 5.75 Å². The summed E-state index contributed by atoms with van der Waals surface area (Å²) in [5.41, 5.74) is 3.57. The molecule has 0 atom stereocenters. The molecular weight excluding hydrogens is 506 g/mol. The van der Waals surface area contributed by atoms with Crippen LogP contribution >= 0.6 is 22.7 Å². The molecule has 0 saturated carbocycles. The lowest BCUT2D eigenvalue weighted by molar-refractivity contribution is -0.134. The van der Waals surface area contributed by atoms with Crippen molar-refractivity contribution in [3.8, 4) is 16.3 Å². The van der Waals surface area contributed by atoms with Crippen LogP contribution in [0.3, 0.4) is 0 Å². The molecule has 10 heteroatoms. The van der Waals surface area contributed by atoms with E-state index in [2.05, 4.69) is 22.3 Å².